The highest BCUT2D eigenvalue weighted by Crippen LogP contribution is 2.24. The largest absolute Gasteiger partial charge is 0.489 e. The zero-order chi connectivity index (χ0) is 24.7. The number of carbonyl (C=O) groups excluding carboxylic acids is 1. The van der Waals surface area contributed by atoms with Gasteiger partial charge in [-0.05, 0) is 48.0 Å². The number of rotatable bonds is 9. The lowest BCUT2D eigenvalue weighted by Crippen LogP contribution is -2.54. The van der Waals surface area contributed by atoms with Crippen molar-refractivity contribution in [2.75, 3.05) is 30.4 Å². The van der Waals surface area contributed by atoms with Crippen LogP contribution in [0.15, 0.2) is 85.2 Å². The highest BCUT2D eigenvalue weighted by molar-refractivity contribution is 5.95. The second kappa shape index (κ2) is 10.7. The number of hydrogen-bond acceptors (Lipinski definition) is 8. The van der Waals surface area contributed by atoms with E-state index in [1.54, 1.807) is 25.2 Å². The fourth-order valence-electron chi connectivity index (χ4n) is 3.74. The number of carbonyl (C=O) groups is 1. The summed E-state index contributed by atoms with van der Waals surface area (Å²) < 4.78 is 11.9. The molecule has 1 aliphatic rings. The molecule has 0 bridgehead atoms. The lowest BCUT2D eigenvalue weighted by Gasteiger charge is -2.38. The molecule has 182 valence electrons. The molecule has 9 nitrogen and oxygen atoms in total. The van der Waals surface area contributed by atoms with Crippen molar-refractivity contribution in [3.05, 3.63) is 96.3 Å². The summed E-state index contributed by atoms with van der Waals surface area (Å²) in [6, 6.07) is 24.9. The van der Waals surface area contributed by atoms with Gasteiger partial charge in [0.25, 0.3) is 5.91 Å². The summed E-state index contributed by atoms with van der Waals surface area (Å²) in [5, 5.41) is 5.75. The molecular formula is C27H26N6O3. The first-order valence-electron chi connectivity index (χ1n) is 11.6. The smallest absolute Gasteiger partial charge is 0.251 e. The Labute approximate surface area is 209 Å². The Kier molecular flexibility index (Phi) is 6.88. The van der Waals surface area contributed by atoms with Gasteiger partial charge in [0.15, 0.2) is 0 Å². The molecular weight excluding hydrogens is 456 g/mol. The average molecular weight is 483 g/mol. The van der Waals surface area contributed by atoms with E-state index >= 15 is 0 Å². The van der Waals surface area contributed by atoms with E-state index in [2.05, 4.69) is 25.6 Å². The van der Waals surface area contributed by atoms with Crippen LogP contribution in [0.5, 0.6) is 11.5 Å². The third-order valence-corrected chi connectivity index (χ3v) is 5.67. The standard InChI is InChI=1S/C27H26N6O3/c1-28-25(34)20-8-5-9-21(14-20)31-26-29-18-30-27(32-26)33-15-24(16-33)36-23-12-10-22(11-13-23)35-17-19-6-3-2-4-7-19/h2-14,18,24H,15-17H2,1H3,(H,28,34)(H,29,30,31,32). The van der Waals surface area contributed by atoms with E-state index in [9.17, 15) is 4.79 Å². The third-order valence-electron chi connectivity index (χ3n) is 5.67. The summed E-state index contributed by atoms with van der Waals surface area (Å²) in [7, 11) is 1.60. The predicted molar refractivity (Wildman–Crippen MR) is 137 cm³/mol. The van der Waals surface area contributed by atoms with Crippen LogP contribution in [0.2, 0.25) is 0 Å². The topological polar surface area (TPSA) is 102 Å². The van der Waals surface area contributed by atoms with Crippen molar-refractivity contribution in [3.8, 4) is 11.5 Å². The van der Waals surface area contributed by atoms with E-state index in [0.29, 0.717) is 42.8 Å². The molecule has 9 heteroatoms. The van der Waals surface area contributed by atoms with Crippen LogP contribution in [0.4, 0.5) is 17.6 Å². The monoisotopic (exact) mass is 482 g/mol. The maximum atomic E-state index is 11.9. The Hall–Kier alpha value is -4.66. The second-order valence-corrected chi connectivity index (χ2v) is 8.28. The van der Waals surface area contributed by atoms with Crippen LogP contribution in [0.3, 0.4) is 0 Å². The van der Waals surface area contributed by atoms with E-state index in [0.717, 1.165) is 17.1 Å². The number of nitrogens with zero attached hydrogens (tertiary/aromatic N) is 4. The summed E-state index contributed by atoms with van der Waals surface area (Å²) >= 11 is 0. The Balaban J connectivity index is 1.12. The molecule has 5 rings (SSSR count). The maximum Gasteiger partial charge on any atom is 0.251 e. The van der Waals surface area contributed by atoms with Gasteiger partial charge in [-0.15, -0.1) is 0 Å². The van der Waals surface area contributed by atoms with Crippen molar-refractivity contribution < 1.29 is 14.3 Å². The molecule has 0 unspecified atom stereocenters. The molecule has 0 spiro atoms. The van der Waals surface area contributed by atoms with Crippen LogP contribution in [0, 0.1) is 0 Å². The van der Waals surface area contributed by atoms with E-state index in [-0.39, 0.29) is 12.0 Å². The van der Waals surface area contributed by atoms with Gasteiger partial charge in [-0.2, -0.15) is 4.98 Å². The summed E-state index contributed by atoms with van der Waals surface area (Å²) in [4.78, 5) is 26.9. The minimum absolute atomic E-state index is 0.0403. The number of amides is 1. The number of nitrogens with one attached hydrogen (secondary N) is 2. The van der Waals surface area contributed by atoms with Crippen LogP contribution >= 0.6 is 0 Å². The van der Waals surface area contributed by atoms with Crippen molar-refractivity contribution in [1.82, 2.24) is 20.3 Å². The van der Waals surface area contributed by atoms with Gasteiger partial charge in [0.05, 0.1) is 13.1 Å². The quantitative estimate of drug-likeness (QED) is 0.371. The highest BCUT2D eigenvalue weighted by atomic mass is 16.5. The number of benzene rings is 3. The molecule has 0 radical (unpaired) electrons. The molecule has 0 saturated carbocycles. The zero-order valence-corrected chi connectivity index (χ0v) is 19.8. The second-order valence-electron chi connectivity index (χ2n) is 8.28. The Bertz CT molecular complexity index is 1310. The van der Waals surface area contributed by atoms with Crippen molar-refractivity contribution in [3.63, 3.8) is 0 Å². The first-order valence-corrected chi connectivity index (χ1v) is 11.6. The van der Waals surface area contributed by atoms with Gasteiger partial charge < -0.3 is 25.0 Å². The Morgan fingerprint density at radius 3 is 2.53 bits per heavy atom. The van der Waals surface area contributed by atoms with E-state index in [4.69, 9.17) is 9.47 Å². The van der Waals surface area contributed by atoms with Gasteiger partial charge in [0, 0.05) is 18.3 Å². The Morgan fingerprint density at radius 2 is 1.75 bits per heavy atom. The lowest BCUT2D eigenvalue weighted by molar-refractivity contribution is 0.0963. The molecule has 1 amide bonds. The Morgan fingerprint density at radius 1 is 0.972 bits per heavy atom. The van der Waals surface area contributed by atoms with Gasteiger partial charge >= 0.3 is 0 Å². The number of aromatic nitrogens is 3. The van der Waals surface area contributed by atoms with Crippen molar-refractivity contribution in [1.29, 1.82) is 0 Å². The van der Waals surface area contributed by atoms with E-state index < -0.39 is 0 Å². The third kappa shape index (κ3) is 5.69. The minimum Gasteiger partial charge on any atom is -0.489 e. The summed E-state index contributed by atoms with van der Waals surface area (Å²) in [5.41, 5.74) is 2.39. The molecule has 1 aromatic heterocycles. The number of anilines is 3. The van der Waals surface area contributed by atoms with Crippen molar-refractivity contribution in [2.24, 2.45) is 0 Å². The summed E-state index contributed by atoms with van der Waals surface area (Å²) in [5.74, 6) is 2.41. The van der Waals surface area contributed by atoms with Crippen molar-refractivity contribution in [2.45, 2.75) is 12.7 Å². The normalized spacial score (nSPS) is 13.0. The van der Waals surface area contributed by atoms with E-state index in [1.165, 1.54) is 6.33 Å². The molecule has 1 saturated heterocycles. The average Bonchev–Trinajstić information content (AvgIpc) is 2.90. The van der Waals surface area contributed by atoms with E-state index in [1.807, 2.05) is 65.6 Å². The molecule has 1 fully saturated rings. The fourth-order valence-corrected chi connectivity index (χ4v) is 3.74. The molecule has 2 heterocycles. The van der Waals surface area contributed by atoms with Gasteiger partial charge in [-0.3, -0.25) is 4.79 Å². The number of hydrogen-bond donors (Lipinski definition) is 2. The SMILES string of the molecule is CNC(=O)c1cccc(Nc2ncnc(N3CC(Oc4ccc(OCc5ccccc5)cc4)C3)n2)c1. The predicted octanol–water partition coefficient (Wildman–Crippen LogP) is 3.82. The van der Waals surface area contributed by atoms with Gasteiger partial charge in [-0.25, -0.2) is 9.97 Å². The fraction of sp³-hybridized carbons (Fsp3) is 0.185. The molecule has 4 aromatic rings. The first-order chi connectivity index (χ1) is 17.7. The van der Waals surface area contributed by atoms with Crippen LogP contribution in [-0.4, -0.2) is 47.1 Å². The molecule has 2 N–H and O–H groups in total. The summed E-state index contributed by atoms with van der Waals surface area (Å²) in [6.45, 7) is 1.87. The molecule has 3 aromatic carbocycles. The summed E-state index contributed by atoms with van der Waals surface area (Å²) in [6.07, 6.45) is 1.51. The molecule has 0 atom stereocenters. The molecule has 1 aliphatic heterocycles. The van der Waals surface area contributed by atoms with Gasteiger partial charge in [-0.1, -0.05) is 36.4 Å². The van der Waals surface area contributed by atoms with Gasteiger partial charge in [0.1, 0.15) is 30.5 Å². The van der Waals surface area contributed by atoms with Crippen LogP contribution in [-0.2, 0) is 6.61 Å². The zero-order valence-electron chi connectivity index (χ0n) is 19.8. The van der Waals surface area contributed by atoms with Crippen LogP contribution < -0.4 is 25.0 Å². The van der Waals surface area contributed by atoms with Crippen LogP contribution in [0.25, 0.3) is 0 Å². The minimum atomic E-state index is -0.157. The number of ether oxygens (including phenoxy) is 2. The maximum absolute atomic E-state index is 11.9. The van der Waals surface area contributed by atoms with Crippen LogP contribution in [0.1, 0.15) is 15.9 Å². The first kappa shape index (κ1) is 23.1. The lowest BCUT2D eigenvalue weighted by atomic mass is 10.2. The van der Waals surface area contributed by atoms with Crippen molar-refractivity contribution >= 4 is 23.5 Å². The molecule has 0 aliphatic carbocycles. The molecule has 36 heavy (non-hydrogen) atoms. The van der Waals surface area contributed by atoms with Gasteiger partial charge in [0.2, 0.25) is 11.9 Å². The highest BCUT2D eigenvalue weighted by Gasteiger charge is 2.30.